The van der Waals surface area contributed by atoms with Gasteiger partial charge in [0, 0.05) is 7.11 Å². The van der Waals surface area contributed by atoms with Crippen LogP contribution < -0.4 is 0 Å². The number of aromatic nitrogens is 2. The quantitative estimate of drug-likeness (QED) is 0.914. The zero-order chi connectivity index (χ0) is 14.9. The maximum atomic E-state index is 11.2. The van der Waals surface area contributed by atoms with E-state index in [4.69, 9.17) is 9.26 Å². The van der Waals surface area contributed by atoms with Crippen molar-refractivity contribution in [1.29, 1.82) is 0 Å². The number of carbonyl (C=O) groups is 1. The minimum Gasteiger partial charge on any atom is -0.481 e. The lowest BCUT2D eigenvalue weighted by Gasteiger charge is -2.26. The molecule has 0 amide bonds. The molecule has 112 valence electrons. The molecule has 0 aromatic carbocycles. The molecule has 2 rings (SSSR count). The minimum atomic E-state index is -0.786. The van der Waals surface area contributed by atoms with Crippen LogP contribution in [0.3, 0.4) is 0 Å². The average molecular weight is 282 g/mol. The van der Waals surface area contributed by atoms with Gasteiger partial charge in [-0.3, -0.25) is 4.79 Å². The highest BCUT2D eigenvalue weighted by Crippen LogP contribution is 2.40. The Kier molecular flexibility index (Phi) is 4.13. The van der Waals surface area contributed by atoms with Gasteiger partial charge in [-0.1, -0.05) is 32.3 Å². The molecule has 1 N–H and O–H groups in total. The lowest BCUT2D eigenvalue weighted by molar-refractivity contribution is -0.142. The molecule has 0 saturated heterocycles. The second-order valence-corrected chi connectivity index (χ2v) is 6.45. The molecule has 1 aliphatic carbocycles. The molecule has 1 saturated carbocycles. The molecule has 0 bridgehead atoms. The molecular formula is C14H22N2O4. The average Bonchev–Trinajstić information content (AvgIpc) is 2.94. The first kappa shape index (κ1) is 15.0. The normalized spacial score (nSPS) is 24.8. The first-order valence-electron chi connectivity index (χ1n) is 6.93. The number of nitrogens with zero attached hydrogens (tertiary/aromatic N) is 2. The van der Waals surface area contributed by atoms with Crippen LogP contribution in [-0.2, 0) is 9.53 Å². The van der Waals surface area contributed by atoms with Crippen molar-refractivity contribution in [2.75, 3.05) is 7.11 Å². The number of hydrogen-bond acceptors (Lipinski definition) is 5. The van der Waals surface area contributed by atoms with Gasteiger partial charge in [-0.2, -0.15) is 4.98 Å². The highest BCUT2D eigenvalue weighted by atomic mass is 16.5. The third kappa shape index (κ3) is 2.85. The number of hydrogen-bond donors (Lipinski definition) is 1. The fraction of sp³-hybridized carbons (Fsp3) is 0.786. The highest BCUT2D eigenvalue weighted by Gasteiger charge is 2.39. The molecule has 0 aliphatic heterocycles. The fourth-order valence-electron chi connectivity index (χ4n) is 2.90. The Morgan fingerprint density at radius 3 is 2.70 bits per heavy atom. The summed E-state index contributed by atoms with van der Waals surface area (Å²) in [5.74, 6) is -0.459. The molecule has 0 radical (unpaired) electrons. The van der Waals surface area contributed by atoms with E-state index >= 15 is 0 Å². The Labute approximate surface area is 118 Å². The number of carboxylic acid groups (broad SMARTS) is 1. The number of rotatable bonds is 4. The van der Waals surface area contributed by atoms with E-state index in [9.17, 15) is 9.90 Å². The van der Waals surface area contributed by atoms with E-state index in [0.717, 1.165) is 12.8 Å². The second-order valence-electron chi connectivity index (χ2n) is 6.45. The summed E-state index contributed by atoms with van der Waals surface area (Å²) in [6, 6.07) is 0. The molecular weight excluding hydrogens is 260 g/mol. The number of carboxylic acids is 1. The number of ether oxygens (including phenoxy) is 1. The Balaban J connectivity index is 2.22. The molecule has 6 heteroatoms. The smallest absolute Gasteiger partial charge is 0.307 e. The number of methoxy groups -OCH3 is 1. The zero-order valence-corrected chi connectivity index (χ0v) is 12.4. The van der Waals surface area contributed by atoms with E-state index in [1.54, 1.807) is 7.11 Å². The summed E-state index contributed by atoms with van der Waals surface area (Å²) in [5.41, 5.74) is -0.155. The van der Waals surface area contributed by atoms with Crippen LogP contribution in [0.5, 0.6) is 0 Å². The summed E-state index contributed by atoms with van der Waals surface area (Å²) in [6.45, 7) is 6.10. The van der Waals surface area contributed by atoms with E-state index in [1.165, 1.54) is 0 Å². The van der Waals surface area contributed by atoms with Crippen molar-refractivity contribution < 1.29 is 19.2 Å². The zero-order valence-electron chi connectivity index (χ0n) is 12.4. The van der Waals surface area contributed by atoms with Gasteiger partial charge in [0.15, 0.2) is 0 Å². The van der Waals surface area contributed by atoms with Crippen LogP contribution in [0.1, 0.15) is 63.8 Å². The van der Waals surface area contributed by atoms with Crippen LogP contribution >= 0.6 is 0 Å². The lowest BCUT2D eigenvalue weighted by Crippen LogP contribution is -2.21. The SMILES string of the molecule is COC(c1noc(C2CCCC2C(=O)O)n1)C(C)(C)C. The predicted octanol–water partition coefficient (Wildman–Crippen LogP) is 2.77. The van der Waals surface area contributed by atoms with Crippen molar-refractivity contribution in [3.63, 3.8) is 0 Å². The standard InChI is InChI=1S/C14H22N2O4/c1-14(2,3)10(19-4)11-15-12(20-16-11)8-6-5-7-9(8)13(17)18/h8-10H,5-7H2,1-4H3,(H,17,18). The second kappa shape index (κ2) is 5.52. The topological polar surface area (TPSA) is 85.5 Å². The Morgan fingerprint density at radius 2 is 2.15 bits per heavy atom. The van der Waals surface area contributed by atoms with Gasteiger partial charge in [0.1, 0.15) is 6.10 Å². The minimum absolute atomic E-state index is 0.155. The molecule has 1 aromatic rings. The van der Waals surface area contributed by atoms with Crippen LogP contribution in [-0.4, -0.2) is 28.3 Å². The summed E-state index contributed by atoms with van der Waals surface area (Å²) in [6.07, 6.45) is 2.06. The van der Waals surface area contributed by atoms with E-state index in [1.807, 2.05) is 20.8 Å². The van der Waals surface area contributed by atoms with Gasteiger partial charge < -0.3 is 14.4 Å². The van der Waals surface area contributed by atoms with Gasteiger partial charge in [-0.05, 0) is 18.3 Å². The largest absolute Gasteiger partial charge is 0.481 e. The lowest BCUT2D eigenvalue weighted by atomic mass is 9.88. The monoisotopic (exact) mass is 282 g/mol. The Hall–Kier alpha value is -1.43. The Bertz CT molecular complexity index is 478. The molecule has 0 spiro atoms. The van der Waals surface area contributed by atoms with Crippen LogP contribution in [0, 0.1) is 11.3 Å². The van der Waals surface area contributed by atoms with Crippen molar-refractivity contribution in [2.24, 2.45) is 11.3 Å². The molecule has 1 aromatic heterocycles. The molecule has 1 aliphatic rings. The van der Waals surface area contributed by atoms with Crippen molar-refractivity contribution in [3.05, 3.63) is 11.7 Å². The third-order valence-corrected chi connectivity index (χ3v) is 3.86. The van der Waals surface area contributed by atoms with Crippen molar-refractivity contribution >= 4 is 5.97 Å². The maximum absolute atomic E-state index is 11.2. The van der Waals surface area contributed by atoms with Crippen LogP contribution in [0.25, 0.3) is 0 Å². The molecule has 3 atom stereocenters. The maximum Gasteiger partial charge on any atom is 0.307 e. The van der Waals surface area contributed by atoms with Crippen molar-refractivity contribution in [3.8, 4) is 0 Å². The summed E-state index contributed by atoms with van der Waals surface area (Å²) < 4.78 is 10.8. The molecule has 6 nitrogen and oxygen atoms in total. The van der Waals surface area contributed by atoms with E-state index in [2.05, 4.69) is 10.1 Å². The van der Waals surface area contributed by atoms with Crippen LogP contribution in [0.2, 0.25) is 0 Å². The first-order valence-corrected chi connectivity index (χ1v) is 6.93. The Morgan fingerprint density at radius 1 is 1.45 bits per heavy atom. The van der Waals surface area contributed by atoms with Gasteiger partial charge in [0.2, 0.25) is 11.7 Å². The molecule has 1 fully saturated rings. The molecule has 1 heterocycles. The summed E-state index contributed by atoms with van der Waals surface area (Å²) in [7, 11) is 1.61. The van der Waals surface area contributed by atoms with Crippen LogP contribution in [0.15, 0.2) is 4.52 Å². The summed E-state index contributed by atoms with van der Waals surface area (Å²) in [4.78, 5) is 15.6. The van der Waals surface area contributed by atoms with Gasteiger partial charge in [0.25, 0.3) is 0 Å². The highest BCUT2D eigenvalue weighted by molar-refractivity contribution is 5.71. The number of aliphatic carboxylic acids is 1. The van der Waals surface area contributed by atoms with Crippen LogP contribution in [0.4, 0.5) is 0 Å². The first-order chi connectivity index (χ1) is 9.34. The van der Waals surface area contributed by atoms with Gasteiger partial charge in [0.05, 0.1) is 11.8 Å². The van der Waals surface area contributed by atoms with Crippen molar-refractivity contribution in [2.45, 2.75) is 52.1 Å². The van der Waals surface area contributed by atoms with Gasteiger partial charge in [-0.25, -0.2) is 0 Å². The van der Waals surface area contributed by atoms with E-state index in [0.29, 0.717) is 18.1 Å². The van der Waals surface area contributed by atoms with E-state index < -0.39 is 11.9 Å². The van der Waals surface area contributed by atoms with Gasteiger partial charge >= 0.3 is 5.97 Å². The fourth-order valence-corrected chi connectivity index (χ4v) is 2.90. The predicted molar refractivity (Wildman–Crippen MR) is 71.2 cm³/mol. The van der Waals surface area contributed by atoms with Gasteiger partial charge in [-0.15, -0.1) is 0 Å². The van der Waals surface area contributed by atoms with Crippen molar-refractivity contribution in [1.82, 2.24) is 10.1 Å². The molecule has 3 unspecified atom stereocenters. The molecule has 20 heavy (non-hydrogen) atoms. The summed E-state index contributed by atoms with van der Waals surface area (Å²) in [5, 5.41) is 13.2. The third-order valence-electron chi connectivity index (χ3n) is 3.86. The van der Waals surface area contributed by atoms with E-state index in [-0.39, 0.29) is 17.4 Å². The summed E-state index contributed by atoms with van der Waals surface area (Å²) >= 11 is 0.